The Bertz CT molecular complexity index is 954. The summed E-state index contributed by atoms with van der Waals surface area (Å²) in [6, 6.07) is 4.10. The van der Waals surface area contributed by atoms with E-state index in [0.29, 0.717) is 45.3 Å². The van der Waals surface area contributed by atoms with Gasteiger partial charge in [0.15, 0.2) is 0 Å². The van der Waals surface area contributed by atoms with Gasteiger partial charge in [0.25, 0.3) is 11.8 Å². The summed E-state index contributed by atoms with van der Waals surface area (Å²) in [5.74, 6) is 0.168. The topological polar surface area (TPSA) is 128 Å². The zero-order valence-corrected chi connectivity index (χ0v) is 12.6. The van der Waals surface area contributed by atoms with Crippen LogP contribution in [0.4, 0.5) is 5.69 Å². The number of nitrogens with two attached hydrogens (primary N) is 1. The van der Waals surface area contributed by atoms with Crippen molar-refractivity contribution >= 4 is 22.7 Å². The number of hydrogen-bond donors (Lipinski definition) is 2. The van der Waals surface area contributed by atoms with Crippen molar-refractivity contribution < 1.29 is 19.3 Å². The molecule has 3 N–H and O–H groups in total. The van der Waals surface area contributed by atoms with Gasteiger partial charge in [-0.2, -0.15) is 10.0 Å². The predicted molar refractivity (Wildman–Crippen MR) is 81.8 cm³/mol. The van der Waals surface area contributed by atoms with Crippen molar-refractivity contribution in [3.8, 4) is 11.6 Å². The molecule has 9 nitrogen and oxygen atoms in total. The second-order valence-electron chi connectivity index (χ2n) is 5.48. The molecule has 9 heteroatoms. The van der Waals surface area contributed by atoms with Gasteiger partial charge in [-0.25, -0.2) is 4.98 Å². The Balaban J connectivity index is 1.71. The van der Waals surface area contributed by atoms with Crippen LogP contribution in [0.5, 0.6) is 11.6 Å². The summed E-state index contributed by atoms with van der Waals surface area (Å²) in [4.78, 5) is 19.9. The van der Waals surface area contributed by atoms with Crippen LogP contribution in [0.2, 0.25) is 0 Å². The van der Waals surface area contributed by atoms with Crippen molar-refractivity contribution in [3.63, 3.8) is 0 Å². The van der Waals surface area contributed by atoms with E-state index in [1.807, 2.05) is 0 Å². The first-order valence-electron chi connectivity index (χ1n) is 7.21. The summed E-state index contributed by atoms with van der Waals surface area (Å²) >= 11 is 0. The molecule has 2 aromatic heterocycles. The van der Waals surface area contributed by atoms with E-state index >= 15 is 0 Å². The number of hydroxylamine groups is 1. The van der Waals surface area contributed by atoms with Gasteiger partial charge in [-0.05, 0) is 37.1 Å². The fourth-order valence-corrected chi connectivity index (χ4v) is 2.63. The molecular weight excluding hydrogens is 314 g/mol. The lowest BCUT2D eigenvalue weighted by Gasteiger charge is -2.27. The lowest BCUT2D eigenvalue weighted by Crippen LogP contribution is -2.47. The number of ether oxygens (including phenoxy) is 1. The quantitative estimate of drug-likeness (QED) is 0.675. The van der Waals surface area contributed by atoms with Gasteiger partial charge in [0.2, 0.25) is 5.58 Å². The van der Waals surface area contributed by atoms with Gasteiger partial charge >= 0.3 is 0 Å². The number of nitrogens with zero attached hydrogens (tertiary/aromatic N) is 4. The molecule has 4 rings (SSSR count). The Morgan fingerprint density at radius 3 is 3.08 bits per heavy atom. The first-order chi connectivity index (χ1) is 11.5. The lowest BCUT2D eigenvalue weighted by atomic mass is 9.99. The summed E-state index contributed by atoms with van der Waals surface area (Å²) in [5.41, 5.74) is 8.38. The van der Waals surface area contributed by atoms with E-state index in [0.717, 1.165) is 0 Å². The first kappa shape index (κ1) is 14.5. The van der Waals surface area contributed by atoms with Gasteiger partial charge < -0.3 is 15.0 Å². The average Bonchev–Trinajstić information content (AvgIpc) is 2.95. The van der Waals surface area contributed by atoms with Crippen LogP contribution in [0.1, 0.15) is 11.3 Å². The van der Waals surface area contributed by atoms with Crippen LogP contribution in [0.15, 0.2) is 29.0 Å². The molecule has 1 amide bonds. The summed E-state index contributed by atoms with van der Waals surface area (Å²) in [6.45, 7) is 1.77. The van der Waals surface area contributed by atoms with Crippen LogP contribution in [-0.4, -0.2) is 32.3 Å². The zero-order valence-electron chi connectivity index (χ0n) is 12.6. The minimum absolute atomic E-state index is 0.234. The average molecular weight is 327 g/mol. The summed E-state index contributed by atoms with van der Waals surface area (Å²) in [5, 5.41) is 14.3. The molecule has 122 valence electrons. The van der Waals surface area contributed by atoms with E-state index in [4.69, 9.17) is 15.0 Å². The molecule has 0 fully saturated rings. The molecule has 1 aliphatic heterocycles. The number of fused-ring (bicyclic) bond motifs is 2. The number of amides is 1. The van der Waals surface area contributed by atoms with Crippen LogP contribution < -0.4 is 15.5 Å². The van der Waals surface area contributed by atoms with Crippen molar-refractivity contribution in [3.05, 3.63) is 35.8 Å². The van der Waals surface area contributed by atoms with E-state index in [-0.39, 0.29) is 5.88 Å². The van der Waals surface area contributed by atoms with Crippen LogP contribution in [0.3, 0.4) is 0 Å². The highest BCUT2D eigenvalue weighted by molar-refractivity contribution is 5.98. The summed E-state index contributed by atoms with van der Waals surface area (Å²) in [7, 11) is 0. The Morgan fingerprint density at radius 1 is 1.42 bits per heavy atom. The highest BCUT2D eigenvalue weighted by Gasteiger charge is 2.30. The third kappa shape index (κ3) is 2.18. The molecule has 3 heterocycles. The monoisotopic (exact) mass is 327 g/mol. The molecule has 3 aromatic rings. The predicted octanol–water partition coefficient (Wildman–Crippen LogP) is 1.32. The third-order valence-electron chi connectivity index (χ3n) is 3.85. The van der Waals surface area contributed by atoms with Gasteiger partial charge in [-0.3, -0.25) is 10.0 Å². The molecule has 0 saturated heterocycles. The van der Waals surface area contributed by atoms with Crippen LogP contribution in [0.25, 0.3) is 11.1 Å². The Kier molecular flexibility index (Phi) is 3.18. The number of carbonyl (C=O) groups excluding carboxylic acids is 1. The van der Waals surface area contributed by atoms with Crippen molar-refractivity contribution in [1.29, 1.82) is 0 Å². The molecule has 1 aromatic carbocycles. The number of carbonyl (C=O) groups is 1. The van der Waals surface area contributed by atoms with Crippen molar-refractivity contribution in [1.82, 2.24) is 15.1 Å². The molecule has 0 radical (unpaired) electrons. The van der Waals surface area contributed by atoms with Gasteiger partial charge in [0.1, 0.15) is 23.3 Å². The third-order valence-corrected chi connectivity index (χ3v) is 3.85. The number of benzene rings is 1. The van der Waals surface area contributed by atoms with Crippen LogP contribution in [0, 0.1) is 6.92 Å². The standard InChI is InChI=1S/C15H13N5O4/c1-7-12-13(24-19-7)14(18-6-17-12)23-9-2-3-11-8(4-9)5-10(16)15(21)20(11)22/h2-4,6,10,22H,5,16H2,1H3. The van der Waals surface area contributed by atoms with E-state index in [2.05, 4.69) is 15.1 Å². The van der Waals surface area contributed by atoms with E-state index in [1.54, 1.807) is 25.1 Å². The second kappa shape index (κ2) is 5.25. The minimum atomic E-state index is -0.791. The minimum Gasteiger partial charge on any atom is -0.436 e. The second-order valence-corrected chi connectivity index (χ2v) is 5.48. The highest BCUT2D eigenvalue weighted by Crippen LogP contribution is 2.33. The fourth-order valence-electron chi connectivity index (χ4n) is 2.63. The molecule has 24 heavy (non-hydrogen) atoms. The van der Waals surface area contributed by atoms with Gasteiger partial charge in [0, 0.05) is 0 Å². The fraction of sp³-hybridized carbons (Fsp3) is 0.200. The number of hydrogen-bond acceptors (Lipinski definition) is 8. The Morgan fingerprint density at radius 2 is 2.25 bits per heavy atom. The number of aryl methyl sites for hydroxylation is 1. The van der Waals surface area contributed by atoms with E-state index < -0.39 is 11.9 Å². The zero-order chi connectivity index (χ0) is 16.8. The smallest absolute Gasteiger partial charge is 0.269 e. The molecular formula is C15H13N5O4. The van der Waals surface area contributed by atoms with Gasteiger partial charge in [0.05, 0.1) is 11.7 Å². The normalized spacial score (nSPS) is 17.2. The first-order valence-corrected chi connectivity index (χ1v) is 7.21. The molecule has 1 atom stereocenters. The van der Waals surface area contributed by atoms with Crippen LogP contribution in [-0.2, 0) is 11.2 Å². The van der Waals surface area contributed by atoms with Crippen molar-refractivity contribution in [2.45, 2.75) is 19.4 Å². The maximum Gasteiger partial charge on any atom is 0.269 e. The molecule has 0 saturated carbocycles. The molecule has 1 unspecified atom stereocenters. The van der Waals surface area contributed by atoms with Gasteiger partial charge in [-0.1, -0.05) is 5.16 Å². The van der Waals surface area contributed by atoms with Crippen LogP contribution >= 0.6 is 0 Å². The lowest BCUT2D eigenvalue weighted by molar-refractivity contribution is -0.125. The molecule has 0 bridgehead atoms. The Labute approximate surface area is 135 Å². The number of aromatic nitrogens is 3. The summed E-state index contributed by atoms with van der Waals surface area (Å²) < 4.78 is 11.0. The Hall–Kier alpha value is -3.04. The molecule has 0 spiro atoms. The number of rotatable bonds is 2. The molecule has 1 aliphatic rings. The highest BCUT2D eigenvalue weighted by atomic mass is 16.5. The van der Waals surface area contributed by atoms with Crippen molar-refractivity contribution in [2.24, 2.45) is 5.73 Å². The van der Waals surface area contributed by atoms with Crippen molar-refractivity contribution in [2.75, 3.05) is 5.06 Å². The maximum absolute atomic E-state index is 11.7. The maximum atomic E-state index is 11.7. The summed E-state index contributed by atoms with van der Waals surface area (Å²) in [6.07, 6.45) is 1.67. The largest absolute Gasteiger partial charge is 0.436 e. The van der Waals surface area contributed by atoms with E-state index in [9.17, 15) is 10.0 Å². The number of anilines is 1. The molecule has 0 aliphatic carbocycles. The van der Waals surface area contributed by atoms with Gasteiger partial charge in [-0.15, -0.1) is 0 Å². The van der Waals surface area contributed by atoms with E-state index in [1.165, 1.54) is 6.33 Å². The SMILES string of the molecule is Cc1noc2c(Oc3ccc4c(c3)CC(N)C(=O)N4O)ncnc12.